The van der Waals surface area contributed by atoms with Crippen molar-refractivity contribution in [2.75, 3.05) is 0 Å². The van der Waals surface area contributed by atoms with Crippen LogP contribution in [0.15, 0.2) is 47.5 Å². The van der Waals surface area contributed by atoms with Crippen LogP contribution in [0.25, 0.3) is 0 Å². The van der Waals surface area contributed by atoms with Crippen molar-refractivity contribution in [3.05, 3.63) is 64.7 Å². The minimum atomic E-state index is 1.01. The minimum absolute atomic E-state index is 1.01. The molecule has 0 saturated carbocycles. The van der Waals surface area contributed by atoms with Crippen LogP contribution in [-0.2, 0) is 12.8 Å². The Morgan fingerprint density at radius 1 is 0.900 bits per heavy atom. The van der Waals surface area contributed by atoms with Gasteiger partial charge in [0.1, 0.15) is 0 Å². The van der Waals surface area contributed by atoms with Gasteiger partial charge in [-0.3, -0.25) is 4.99 Å². The van der Waals surface area contributed by atoms with E-state index in [1.165, 1.54) is 41.5 Å². The summed E-state index contributed by atoms with van der Waals surface area (Å²) < 4.78 is 0. The van der Waals surface area contributed by atoms with E-state index in [9.17, 15) is 0 Å². The van der Waals surface area contributed by atoms with Gasteiger partial charge >= 0.3 is 0 Å². The molecule has 1 nitrogen and oxygen atoms in total. The molecule has 0 amide bonds. The maximum absolute atomic E-state index is 4.52. The summed E-state index contributed by atoms with van der Waals surface area (Å²) in [5, 5.41) is 0. The highest BCUT2D eigenvalue weighted by Crippen LogP contribution is 2.22. The van der Waals surface area contributed by atoms with Crippen LogP contribution in [-0.4, -0.2) is 6.21 Å². The van der Waals surface area contributed by atoms with E-state index in [4.69, 9.17) is 0 Å². The monoisotopic (exact) mass is 265 g/mol. The fourth-order valence-electron chi connectivity index (χ4n) is 2.45. The largest absolute Gasteiger partial charge is 0.256 e. The van der Waals surface area contributed by atoms with Crippen LogP contribution < -0.4 is 0 Å². The van der Waals surface area contributed by atoms with Crippen molar-refractivity contribution in [3.8, 4) is 0 Å². The molecule has 2 aromatic carbocycles. The van der Waals surface area contributed by atoms with Gasteiger partial charge in [-0.25, -0.2) is 0 Å². The van der Waals surface area contributed by atoms with E-state index in [1.54, 1.807) is 0 Å². The quantitative estimate of drug-likeness (QED) is 0.657. The lowest BCUT2D eigenvalue weighted by Crippen LogP contribution is -1.86. The van der Waals surface area contributed by atoms with Crippen LogP contribution in [0, 0.1) is 6.92 Å². The molecule has 104 valence electrons. The van der Waals surface area contributed by atoms with Crippen LogP contribution in [0.5, 0.6) is 0 Å². The van der Waals surface area contributed by atoms with Gasteiger partial charge in [-0.05, 0) is 61.1 Å². The average molecular weight is 265 g/mol. The van der Waals surface area contributed by atoms with Gasteiger partial charge < -0.3 is 0 Å². The third-order valence-electron chi connectivity index (χ3n) is 3.52. The molecular formula is C19H23N. The summed E-state index contributed by atoms with van der Waals surface area (Å²) in [6.07, 6.45) is 5.73. The topological polar surface area (TPSA) is 12.4 Å². The zero-order valence-corrected chi connectivity index (χ0v) is 12.7. The summed E-state index contributed by atoms with van der Waals surface area (Å²) in [6, 6.07) is 15.0. The van der Waals surface area contributed by atoms with Crippen molar-refractivity contribution in [1.29, 1.82) is 0 Å². The van der Waals surface area contributed by atoms with Gasteiger partial charge in [0, 0.05) is 6.21 Å². The predicted octanol–water partition coefficient (Wildman–Crippen LogP) is 5.26. The molecule has 0 atom stereocenters. The minimum Gasteiger partial charge on any atom is -0.256 e. The van der Waals surface area contributed by atoms with Gasteiger partial charge in [-0.1, -0.05) is 43.7 Å². The molecule has 0 bridgehead atoms. The van der Waals surface area contributed by atoms with Crippen molar-refractivity contribution in [2.45, 2.75) is 40.0 Å². The van der Waals surface area contributed by atoms with Crippen molar-refractivity contribution in [2.24, 2.45) is 4.99 Å². The van der Waals surface area contributed by atoms with Gasteiger partial charge in [0.05, 0.1) is 5.69 Å². The molecule has 0 heterocycles. The summed E-state index contributed by atoms with van der Waals surface area (Å²) in [5.74, 6) is 0. The predicted molar refractivity (Wildman–Crippen MR) is 88.2 cm³/mol. The average Bonchev–Trinajstić information content (AvgIpc) is 2.96. The third kappa shape index (κ3) is 3.57. The van der Waals surface area contributed by atoms with E-state index in [0.717, 1.165) is 5.69 Å². The fourth-order valence-corrected chi connectivity index (χ4v) is 2.45. The van der Waals surface area contributed by atoms with Gasteiger partial charge in [-0.2, -0.15) is 0 Å². The Morgan fingerprint density at radius 3 is 2.35 bits per heavy atom. The lowest BCUT2D eigenvalue weighted by Gasteiger charge is -2.00. The first-order chi connectivity index (χ1) is 9.81. The molecule has 0 N–H and O–H groups in total. The Bertz CT molecular complexity index is 579. The van der Waals surface area contributed by atoms with Gasteiger partial charge in [0.2, 0.25) is 0 Å². The Morgan fingerprint density at radius 2 is 1.60 bits per heavy atom. The van der Waals surface area contributed by atoms with Crippen molar-refractivity contribution < 1.29 is 0 Å². The van der Waals surface area contributed by atoms with E-state index < -0.39 is 0 Å². The molecule has 0 spiro atoms. The first-order valence-electron chi connectivity index (χ1n) is 7.54. The van der Waals surface area contributed by atoms with E-state index in [2.05, 4.69) is 54.4 Å². The van der Waals surface area contributed by atoms with Crippen LogP contribution in [0.1, 0.15) is 42.5 Å². The number of hydrogen-bond donors (Lipinski definition) is 0. The second-order valence-corrected chi connectivity index (χ2v) is 4.98. The highest BCUT2D eigenvalue weighted by molar-refractivity contribution is 5.82. The molecule has 3 rings (SSSR count). The molecule has 0 saturated heterocycles. The number of benzene rings is 2. The van der Waals surface area contributed by atoms with Crippen LogP contribution in [0.3, 0.4) is 0 Å². The van der Waals surface area contributed by atoms with Gasteiger partial charge in [0.15, 0.2) is 0 Å². The number of aryl methyl sites for hydroxylation is 3. The highest BCUT2D eigenvalue weighted by atomic mass is 14.7. The van der Waals surface area contributed by atoms with Gasteiger partial charge in [0.25, 0.3) is 0 Å². The maximum atomic E-state index is 4.52. The number of fused-ring (bicyclic) bond motifs is 1. The Hall–Kier alpha value is -1.89. The number of hydrogen-bond acceptors (Lipinski definition) is 1. The molecule has 1 aliphatic rings. The first kappa shape index (κ1) is 14.5. The fraction of sp³-hybridized carbons (Fsp3) is 0.316. The van der Waals surface area contributed by atoms with E-state index in [0.29, 0.717) is 0 Å². The van der Waals surface area contributed by atoms with Crippen molar-refractivity contribution in [1.82, 2.24) is 0 Å². The van der Waals surface area contributed by atoms with E-state index >= 15 is 0 Å². The van der Waals surface area contributed by atoms with Gasteiger partial charge in [-0.15, -0.1) is 0 Å². The summed E-state index contributed by atoms with van der Waals surface area (Å²) in [6.45, 7) is 6.09. The molecule has 2 aromatic rings. The SMILES string of the molecule is CC.Cc1ccc(N=Cc2ccc3c(c2)CCC3)cc1. The summed E-state index contributed by atoms with van der Waals surface area (Å²) in [7, 11) is 0. The Kier molecular flexibility index (Phi) is 5.11. The molecule has 0 fully saturated rings. The van der Waals surface area contributed by atoms with Crippen molar-refractivity contribution >= 4 is 11.9 Å². The summed E-state index contributed by atoms with van der Waals surface area (Å²) in [5.41, 5.74) is 6.51. The molecule has 0 unspecified atom stereocenters. The van der Waals surface area contributed by atoms with Crippen molar-refractivity contribution in [3.63, 3.8) is 0 Å². The molecule has 0 aliphatic heterocycles. The molecule has 1 aliphatic carbocycles. The number of nitrogens with zero attached hydrogens (tertiary/aromatic N) is 1. The summed E-state index contributed by atoms with van der Waals surface area (Å²) >= 11 is 0. The Labute approximate surface area is 122 Å². The normalized spacial score (nSPS) is 12.9. The number of rotatable bonds is 2. The van der Waals surface area contributed by atoms with Crippen LogP contribution in [0.4, 0.5) is 5.69 Å². The number of aliphatic imine (C=N–C) groups is 1. The molecule has 0 aromatic heterocycles. The van der Waals surface area contributed by atoms with Crippen LogP contribution in [0.2, 0.25) is 0 Å². The lowest BCUT2D eigenvalue weighted by atomic mass is 10.1. The van der Waals surface area contributed by atoms with E-state index in [1.807, 2.05) is 20.1 Å². The molecular weight excluding hydrogens is 242 g/mol. The Balaban J connectivity index is 0.000000704. The zero-order valence-electron chi connectivity index (χ0n) is 12.7. The molecule has 0 radical (unpaired) electrons. The zero-order chi connectivity index (χ0) is 14.4. The van der Waals surface area contributed by atoms with Crippen LogP contribution >= 0.6 is 0 Å². The highest BCUT2D eigenvalue weighted by Gasteiger charge is 2.09. The molecule has 1 heteroatoms. The maximum Gasteiger partial charge on any atom is 0.0630 e. The lowest BCUT2D eigenvalue weighted by molar-refractivity contribution is 0.912. The van der Waals surface area contributed by atoms with E-state index in [-0.39, 0.29) is 0 Å². The third-order valence-corrected chi connectivity index (χ3v) is 3.52. The molecule has 20 heavy (non-hydrogen) atoms. The summed E-state index contributed by atoms with van der Waals surface area (Å²) in [4.78, 5) is 4.52. The second kappa shape index (κ2) is 7.04. The standard InChI is InChI=1S/C17H17N.C2H6/c1-13-5-9-17(10-6-13)18-12-14-7-8-15-3-2-4-16(15)11-14;1-2/h5-12H,2-4H2,1H3;1-2H3. The first-order valence-corrected chi connectivity index (χ1v) is 7.54. The second-order valence-electron chi connectivity index (χ2n) is 4.98. The smallest absolute Gasteiger partial charge is 0.0630 e.